The second kappa shape index (κ2) is 15.1. The number of aliphatic hydroxyl groups is 1. The Hall–Kier alpha value is -5.27. The van der Waals surface area contributed by atoms with E-state index in [1.807, 2.05) is 37.3 Å². The van der Waals surface area contributed by atoms with E-state index in [1.54, 1.807) is 29.4 Å². The van der Waals surface area contributed by atoms with E-state index < -0.39 is 29.8 Å². The van der Waals surface area contributed by atoms with Crippen LogP contribution in [0.15, 0.2) is 100 Å². The highest BCUT2D eigenvalue weighted by molar-refractivity contribution is 6.01. The summed E-state index contributed by atoms with van der Waals surface area (Å²) in [6.45, 7) is 2.34. The van der Waals surface area contributed by atoms with Crippen molar-refractivity contribution in [3.63, 3.8) is 0 Å². The first-order valence-electron chi connectivity index (χ1n) is 16.2. The molecule has 1 fully saturated rings. The van der Waals surface area contributed by atoms with Gasteiger partial charge in [0.1, 0.15) is 18.6 Å². The second-order valence-corrected chi connectivity index (χ2v) is 12.3. The highest BCUT2D eigenvalue weighted by Crippen LogP contribution is 2.34. The van der Waals surface area contributed by atoms with Gasteiger partial charge in [-0.1, -0.05) is 48.5 Å². The van der Waals surface area contributed by atoms with E-state index in [-0.39, 0.29) is 48.5 Å². The number of rotatable bonds is 12. The summed E-state index contributed by atoms with van der Waals surface area (Å²) in [6, 6.07) is 17.7. The van der Waals surface area contributed by atoms with Gasteiger partial charge >= 0.3 is 6.18 Å². The van der Waals surface area contributed by atoms with Gasteiger partial charge in [0.25, 0.3) is 11.8 Å². The Kier molecular flexibility index (Phi) is 10.4. The molecule has 50 heavy (non-hydrogen) atoms. The number of hydrogen-bond donors (Lipinski definition) is 3. The van der Waals surface area contributed by atoms with Gasteiger partial charge in [-0.2, -0.15) is 13.2 Å². The molecule has 0 spiro atoms. The van der Waals surface area contributed by atoms with Crippen LogP contribution in [-0.2, 0) is 19.1 Å². The lowest BCUT2D eigenvalue weighted by Gasteiger charge is -2.25. The Balaban J connectivity index is 1.23. The molecular formula is C37H36F3N5O5. The molecule has 3 atom stereocenters. The standard InChI is InChI=1S/C37H36F3N5O5/c1-23-22-50-35(43-23)31-11-6-13-45(31)36(48)28-18-26(17-27(19-28)34-42-12-14-49-34)33(47)44-30(16-24-7-3-2-4-8-24)32(46)21-41-20-25-9-5-10-29(15-25)37(38,39)40/h2-5,7-10,12,14-15,17-19,22,30-32,41,46H,6,11,13,16,20-21H2,1H3,(H,44,47)/t30-,31+,32+/m0/s1. The number of likely N-dealkylation sites (tertiary alicyclic amines) is 1. The lowest BCUT2D eigenvalue weighted by Crippen LogP contribution is -2.48. The van der Waals surface area contributed by atoms with Crippen molar-refractivity contribution in [3.05, 3.63) is 131 Å². The molecule has 6 rings (SSSR count). The molecule has 0 aliphatic carbocycles. The topological polar surface area (TPSA) is 134 Å². The Labute approximate surface area is 286 Å². The van der Waals surface area contributed by atoms with Crippen LogP contribution in [0.4, 0.5) is 13.2 Å². The molecule has 0 saturated carbocycles. The summed E-state index contributed by atoms with van der Waals surface area (Å²) >= 11 is 0. The van der Waals surface area contributed by atoms with Crippen molar-refractivity contribution in [2.75, 3.05) is 13.1 Å². The second-order valence-electron chi connectivity index (χ2n) is 12.3. The largest absolute Gasteiger partial charge is 0.446 e. The Morgan fingerprint density at radius 3 is 2.52 bits per heavy atom. The summed E-state index contributed by atoms with van der Waals surface area (Å²) in [4.78, 5) is 38.2. The number of aryl methyl sites for hydroxylation is 1. The maximum Gasteiger partial charge on any atom is 0.416 e. The monoisotopic (exact) mass is 687 g/mol. The lowest BCUT2D eigenvalue weighted by molar-refractivity contribution is -0.137. The fourth-order valence-electron chi connectivity index (χ4n) is 6.10. The number of carbonyl (C=O) groups excluding carboxylic acids is 2. The van der Waals surface area contributed by atoms with Crippen molar-refractivity contribution >= 4 is 11.8 Å². The Morgan fingerprint density at radius 2 is 1.80 bits per heavy atom. The quantitative estimate of drug-likeness (QED) is 0.143. The van der Waals surface area contributed by atoms with Crippen molar-refractivity contribution < 1.29 is 36.7 Å². The summed E-state index contributed by atoms with van der Waals surface area (Å²) in [5.74, 6) is -0.193. The zero-order chi connectivity index (χ0) is 35.3. The number of hydrogen-bond acceptors (Lipinski definition) is 8. The summed E-state index contributed by atoms with van der Waals surface area (Å²) in [7, 11) is 0. The predicted octanol–water partition coefficient (Wildman–Crippen LogP) is 6.13. The van der Waals surface area contributed by atoms with Crippen LogP contribution in [0, 0.1) is 6.92 Å². The average molecular weight is 688 g/mol. The van der Waals surface area contributed by atoms with Gasteiger partial charge in [0, 0.05) is 36.3 Å². The van der Waals surface area contributed by atoms with Crippen LogP contribution >= 0.6 is 0 Å². The van der Waals surface area contributed by atoms with Crippen molar-refractivity contribution in [2.45, 2.75) is 57.1 Å². The zero-order valence-electron chi connectivity index (χ0n) is 27.2. The van der Waals surface area contributed by atoms with Gasteiger partial charge in [-0.15, -0.1) is 0 Å². The van der Waals surface area contributed by atoms with Gasteiger partial charge in [0.2, 0.25) is 11.8 Å². The molecule has 260 valence electrons. The number of oxazole rings is 2. The maximum absolute atomic E-state index is 14.0. The molecule has 3 N–H and O–H groups in total. The number of amides is 2. The molecule has 0 unspecified atom stereocenters. The van der Waals surface area contributed by atoms with Crippen LogP contribution in [0.2, 0.25) is 0 Å². The fraction of sp³-hybridized carbons (Fsp3) is 0.297. The summed E-state index contributed by atoms with van der Waals surface area (Å²) < 4.78 is 50.7. The molecular weight excluding hydrogens is 651 g/mol. The van der Waals surface area contributed by atoms with E-state index in [2.05, 4.69) is 20.6 Å². The van der Waals surface area contributed by atoms with Crippen molar-refractivity contribution in [3.8, 4) is 11.5 Å². The highest BCUT2D eigenvalue weighted by Gasteiger charge is 2.35. The zero-order valence-corrected chi connectivity index (χ0v) is 27.2. The smallest absolute Gasteiger partial charge is 0.416 e. The normalized spacial score (nSPS) is 15.9. The number of benzene rings is 3. The summed E-state index contributed by atoms with van der Waals surface area (Å²) in [6.07, 6.45) is 0.494. The van der Waals surface area contributed by atoms with Crippen molar-refractivity contribution in [1.29, 1.82) is 0 Å². The molecule has 10 nitrogen and oxygen atoms in total. The Morgan fingerprint density at radius 1 is 1.02 bits per heavy atom. The van der Waals surface area contributed by atoms with Crippen LogP contribution in [0.5, 0.6) is 0 Å². The van der Waals surface area contributed by atoms with Crippen LogP contribution in [-0.4, -0.2) is 57.0 Å². The summed E-state index contributed by atoms with van der Waals surface area (Å²) in [5.41, 5.74) is 2.00. The highest BCUT2D eigenvalue weighted by atomic mass is 19.4. The number of alkyl halides is 3. The fourth-order valence-corrected chi connectivity index (χ4v) is 6.10. The van der Waals surface area contributed by atoms with E-state index in [9.17, 15) is 27.9 Å². The molecule has 2 amide bonds. The minimum Gasteiger partial charge on any atom is -0.446 e. The molecule has 0 bridgehead atoms. The van der Waals surface area contributed by atoms with Crippen LogP contribution in [0.25, 0.3) is 11.5 Å². The third-order valence-corrected chi connectivity index (χ3v) is 8.57. The van der Waals surface area contributed by atoms with Crippen molar-refractivity contribution in [1.82, 2.24) is 25.5 Å². The third-order valence-electron chi connectivity index (χ3n) is 8.57. The van der Waals surface area contributed by atoms with Gasteiger partial charge in [-0.05, 0) is 61.6 Å². The number of aromatic nitrogens is 2. The maximum atomic E-state index is 14.0. The van der Waals surface area contributed by atoms with E-state index in [0.29, 0.717) is 35.7 Å². The molecule has 3 heterocycles. The molecule has 5 aromatic rings. The minimum atomic E-state index is -4.47. The van der Waals surface area contributed by atoms with Crippen LogP contribution < -0.4 is 10.6 Å². The molecule has 13 heteroatoms. The van der Waals surface area contributed by atoms with Gasteiger partial charge in [-0.25, -0.2) is 9.97 Å². The SMILES string of the molecule is Cc1coc([C@H]2CCCN2C(=O)c2cc(C(=O)N[C@@H](Cc3ccccc3)[C@H](O)CNCc3cccc(C(F)(F)F)c3)cc(-c3ncco3)c2)n1. The molecule has 0 radical (unpaired) electrons. The third kappa shape index (κ3) is 8.29. The first kappa shape index (κ1) is 34.6. The number of nitrogens with one attached hydrogen (secondary N) is 2. The lowest BCUT2D eigenvalue weighted by atomic mass is 9.99. The van der Waals surface area contributed by atoms with E-state index in [1.165, 1.54) is 24.6 Å². The molecule has 1 saturated heterocycles. The molecule has 1 aliphatic rings. The van der Waals surface area contributed by atoms with Crippen molar-refractivity contribution in [2.24, 2.45) is 0 Å². The van der Waals surface area contributed by atoms with E-state index in [0.717, 1.165) is 24.1 Å². The van der Waals surface area contributed by atoms with E-state index in [4.69, 9.17) is 8.83 Å². The number of nitrogens with zero attached hydrogens (tertiary/aromatic N) is 3. The first-order chi connectivity index (χ1) is 24.0. The minimum absolute atomic E-state index is 0.0231. The molecule has 3 aromatic carbocycles. The summed E-state index contributed by atoms with van der Waals surface area (Å²) in [5, 5.41) is 17.2. The number of carbonyl (C=O) groups is 2. The Bertz CT molecular complexity index is 1910. The van der Waals surface area contributed by atoms with Crippen LogP contribution in [0.1, 0.15) is 67.9 Å². The number of halogens is 3. The van der Waals surface area contributed by atoms with Gasteiger partial charge in [0.15, 0.2) is 0 Å². The van der Waals surface area contributed by atoms with E-state index >= 15 is 0 Å². The van der Waals surface area contributed by atoms with Gasteiger partial charge in [-0.3, -0.25) is 9.59 Å². The molecule has 2 aromatic heterocycles. The predicted molar refractivity (Wildman–Crippen MR) is 177 cm³/mol. The van der Waals surface area contributed by atoms with Gasteiger partial charge in [0.05, 0.1) is 29.6 Å². The van der Waals surface area contributed by atoms with Gasteiger partial charge < -0.3 is 29.5 Å². The average Bonchev–Trinajstić information content (AvgIpc) is 3.90. The van der Waals surface area contributed by atoms with Crippen LogP contribution in [0.3, 0.4) is 0 Å². The first-order valence-corrected chi connectivity index (χ1v) is 16.2. The molecule has 1 aliphatic heterocycles. The number of aliphatic hydroxyl groups excluding tert-OH is 1.